The number of nitrogens with zero attached hydrogens (tertiary/aromatic N) is 1. The van der Waals surface area contributed by atoms with Gasteiger partial charge in [0, 0.05) is 30.8 Å². The maximum absolute atomic E-state index is 13.7. The van der Waals surface area contributed by atoms with Crippen LogP contribution >= 0.6 is 15.9 Å². The Kier molecular flexibility index (Phi) is 5.20. The Balaban J connectivity index is 1.86. The summed E-state index contributed by atoms with van der Waals surface area (Å²) in [6, 6.07) is 12.0. The van der Waals surface area contributed by atoms with E-state index in [1.165, 1.54) is 6.07 Å². The fraction of sp³-hybridized carbons (Fsp3) is 0.278. The molecule has 1 saturated heterocycles. The molecule has 1 heterocycles. The van der Waals surface area contributed by atoms with Gasteiger partial charge in [-0.25, -0.2) is 4.39 Å². The number of halogens is 2. The van der Waals surface area contributed by atoms with Gasteiger partial charge in [-0.1, -0.05) is 24.3 Å². The molecule has 2 aromatic carbocycles. The minimum absolute atomic E-state index is 0.153. The summed E-state index contributed by atoms with van der Waals surface area (Å²) in [5, 5.41) is 0. The summed E-state index contributed by atoms with van der Waals surface area (Å²) in [7, 11) is 0. The Morgan fingerprint density at radius 3 is 2.65 bits per heavy atom. The minimum Gasteiger partial charge on any atom is -0.379 e. The number of carbonyl (C=O) groups excluding carboxylic acids is 1. The summed E-state index contributed by atoms with van der Waals surface area (Å²) in [5.41, 5.74) is 1.95. The van der Waals surface area contributed by atoms with Gasteiger partial charge in [0.2, 0.25) is 0 Å². The minimum atomic E-state index is -0.429. The molecule has 0 aromatic heterocycles. The molecule has 0 bridgehead atoms. The Morgan fingerprint density at radius 1 is 1.17 bits per heavy atom. The van der Waals surface area contributed by atoms with E-state index in [0.29, 0.717) is 35.4 Å². The van der Waals surface area contributed by atoms with Crippen LogP contribution in [0.5, 0.6) is 0 Å². The van der Waals surface area contributed by atoms with Gasteiger partial charge in [-0.3, -0.25) is 9.69 Å². The average molecular weight is 378 g/mol. The van der Waals surface area contributed by atoms with Gasteiger partial charge in [-0.05, 0) is 39.7 Å². The fourth-order valence-electron chi connectivity index (χ4n) is 2.67. The Bertz CT molecular complexity index is 714. The van der Waals surface area contributed by atoms with E-state index in [1.807, 2.05) is 18.2 Å². The van der Waals surface area contributed by atoms with Crippen LogP contribution in [-0.4, -0.2) is 37.0 Å². The third kappa shape index (κ3) is 3.86. The van der Waals surface area contributed by atoms with Crippen LogP contribution in [0.3, 0.4) is 0 Å². The van der Waals surface area contributed by atoms with Crippen molar-refractivity contribution in [2.24, 2.45) is 0 Å². The van der Waals surface area contributed by atoms with Crippen LogP contribution in [0, 0.1) is 5.82 Å². The second kappa shape index (κ2) is 7.34. The summed E-state index contributed by atoms with van der Waals surface area (Å²) >= 11 is 3.11. The Morgan fingerprint density at radius 2 is 1.91 bits per heavy atom. The lowest BCUT2D eigenvalue weighted by Gasteiger charge is -2.27. The van der Waals surface area contributed by atoms with E-state index in [2.05, 4.69) is 20.8 Å². The van der Waals surface area contributed by atoms with Crippen LogP contribution in [-0.2, 0) is 11.3 Å². The second-order valence-electron chi connectivity index (χ2n) is 5.50. The number of ether oxygens (including phenoxy) is 1. The van der Waals surface area contributed by atoms with Crippen molar-refractivity contribution in [1.29, 1.82) is 0 Å². The number of hydrogen-bond acceptors (Lipinski definition) is 3. The molecule has 2 aromatic rings. The molecule has 3 nitrogen and oxygen atoms in total. The molecular formula is C18H17BrFNO2. The molecule has 0 unspecified atom stereocenters. The van der Waals surface area contributed by atoms with E-state index >= 15 is 0 Å². The zero-order chi connectivity index (χ0) is 16.2. The highest BCUT2D eigenvalue weighted by Crippen LogP contribution is 2.21. The van der Waals surface area contributed by atoms with Crippen molar-refractivity contribution in [3.63, 3.8) is 0 Å². The summed E-state index contributed by atoms with van der Waals surface area (Å²) in [6.07, 6.45) is 0. The molecule has 1 aliphatic rings. The molecule has 23 heavy (non-hydrogen) atoms. The highest BCUT2D eigenvalue weighted by molar-refractivity contribution is 9.10. The largest absolute Gasteiger partial charge is 0.379 e. The topological polar surface area (TPSA) is 29.5 Å². The molecule has 0 spiro atoms. The van der Waals surface area contributed by atoms with Gasteiger partial charge < -0.3 is 4.74 Å². The molecule has 5 heteroatoms. The number of ketones is 1. The SMILES string of the molecule is O=C(c1ccc(Br)c(F)c1)c1ccccc1CN1CCOCC1. The first-order chi connectivity index (χ1) is 11.1. The van der Waals surface area contributed by atoms with Gasteiger partial charge in [0.15, 0.2) is 5.78 Å². The van der Waals surface area contributed by atoms with Gasteiger partial charge in [0.25, 0.3) is 0 Å². The number of rotatable bonds is 4. The predicted molar refractivity (Wildman–Crippen MR) is 90.1 cm³/mol. The molecule has 0 saturated carbocycles. The van der Waals surface area contributed by atoms with E-state index in [0.717, 1.165) is 18.7 Å². The maximum Gasteiger partial charge on any atom is 0.193 e. The van der Waals surface area contributed by atoms with Gasteiger partial charge >= 0.3 is 0 Å². The quantitative estimate of drug-likeness (QED) is 0.761. The van der Waals surface area contributed by atoms with Crippen LogP contribution in [0.4, 0.5) is 4.39 Å². The van der Waals surface area contributed by atoms with Crippen molar-refractivity contribution in [2.45, 2.75) is 6.54 Å². The Labute approximate surface area is 143 Å². The summed E-state index contributed by atoms with van der Waals surface area (Å²) < 4.78 is 19.4. The van der Waals surface area contributed by atoms with E-state index in [4.69, 9.17) is 4.74 Å². The molecule has 1 aliphatic heterocycles. The number of carbonyl (C=O) groups is 1. The number of hydrogen-bond donors (Lipinski definition) is 0. The number of morpholine rings is 1. The average Bonchev–Trinajstić information content (AvgIpc) is 2.58. The fourth-order valence-corrected chi connectivity index (χ4v) is 2.92. The Hall–Kier alpha value is -1.56. The molecule has 0 radical (unpaired) electrons. The van der Waals surface area contributed by atoms with Gasteiger partial charge in [-0.15, -0.1) is 0 Å². The van der Waals surface area contributed by atoms with Gasteiger partial charge in [0.1, 0.15) is 5.82 Å². The first-order valence-electron chi connectivity index (χ1n) is 7.53. The summed E-state index contributed by atoms with van der Waals surface area (Å²) in [5.74, 6) is -0.582. The third-order valence-corrected chi connectivity index (χ3v) is 4.58. The summed E-state index contributed by atoms with van der Waals surface area (Å²) in [6.45, 7) is 3.84. The van der Waals surface area contributed by atoms with Crippen LogP contribution in [0.15, 0.2) is 46.9 Å². The van der Waals surface area contributed by atoms with Crippen LogP contribution in [0.1, 0.15) is 21.5 Å². The molecule has 1 fully saturated rings. The van der Waals surface area contributed by atoms with E-state index in [9.17, 15) is 9.18 Å². The highest BCUT2D eigenvalue weighted by Gasteiger charge is 2.17. The van der Waals surface area contributed by atoms with Gasteiger partial charge in [-0.2, -0.15) is 0 Å². The molecule has 0 N–H and O–H groups in total. The first kappa shape index (κ1) is 16.3. The van der Waals surface area contributed by atoms with Crippen LogP contribution in [0.25, 0.3) is 0 Å². The second-order valence-corrected chi connectivity index (χ2v) is 6.36. The van der Waals surface area contributed by atoms with E-state index < -0.39 is 5.82 Å². The van der Waals surface area contributed by atoms with Crippen molar-refractivity contribution in [2.75, 3.05) is 26.3 Å². The van der Waals surface area contributed by atoms with Crippen LogP contribution in [0.2, 0.25) is 0 Å². The van der Waals surface area contributed by atoms with Crippen LogP contribution < -0.4 is 0 Å². The lowest BCUT2D eigenvalue weighted by Crippen LogP contribution is -2.36. The summed E-state index contributed by atoms with van der Waals surface area (Å²) in [4.78, 5) is 15.0. The van der Waals surface area contributed by atoms with Crippen molar-refractivity contribution in [3.05, 3.63) is 69.4 Å². The van der Waals surface area contributed by atoms with E-state index in [1.54, 1.807) is 18.2 Å². The zero-order valence-electron chi connectivity index (χ0n) is 12.6. The normalized spacial score (nSPS) is 15.6. The molecule has 0 atom stereocenters. The number of benzene rings is 2. The monoisotopic (exact) mass is 377 g/mol. The molecule has 3 rings (SSSR count). The lowest BCUT2D eigenvalue weighted by molar-refractivity contribution is 0.0341. The van der Waals surface area contributed by atoms with Gasteiger partial charge in [0.05, 0.1) is 17.7 Å². The molecule has 0 aliphatic carbocycles. The van der Waals surface area contributed by atoms with Crippen molar-refractivity contribution in [1.82, 2.24) is 4.90 Å². The van der Waals surface area contributed by atoms with Crippen molar-refractivity contribution < 1.29 is 13.9 Å². The first-order valence-corrected chi connectivity index (χ1v) is 8.32. The zero-order valence-corrected chi connectivity index (χ0v) is 14.2. The highest BCUT2D eigenvalue weighted by atomic mass is 79.9. The molecule has 120 valence electrons. The van der Waals surface area contributed by atoms with Crippen molar-refractivity contribution >= 4 is 21.7 Å². The van der Waals surface area contributed by atoms with E-state index in [-0.39, 0.29) is 5.78 Å². The molecule has 0 amide bonds. The third-order valence-electron chi connectivity index (χ3n) is 3.94. The lowest BCUT2D eigenvalue weighted by atomic mass is 9.98. The smallest absolute Gasteiger partial charge is 0.193 e. The van der Waals surface area contributed by atoms with Crippen molar-refractivity contribution in [3.8, 4) is 0 Å². The standard InChI is InChI=1S/C18H17BrFNO2/c19-16-6-5-13(11-17(16)20)18(22)15-4-2-1-3-14(15)12-21-7-9-23-10-8-21/h1-6,11H,7-10,12H2. The maximum atomic E-state index is 13.7. The molecular weight excluding hydrogens is 361 g/mol. The predicted octanol–water partition coefficient (Wildman–Crippen LogP) is 3.65.